The molecule has 0 aliphatic carbocycles. The molecule has 0 heterocycles. The standard InChI is InChI=1S/C13H21NO2/c1-12-5-3-6-13(11-12)16-9-4-7-14-8-10-15-2/h3,5-6,11,14H,4,7-10H2,1-2H3. The van der Waals surface area contributed by atoms with Gasteiger partial charge < -0.3 is 14.8 Å². The lowest BCUT2D eigenvalue weighted by Crippen LogP contribution is -2.21. The maximum absolute atomic E-state index is 5.62. The molecule has 0 saturated heterocycles. The second kappa shape index (κ2) is 8.13. The molecule has 0 saturated carbocycles. The highest BCUT2D eigenvalue weighted by Crippen LogP contribution is 2.12. The molecular formula is C13H21NO2. The van der Waals surface area contributed by atoms with E-state index in [4.69, 9.17) is 9.47 Å². The van der Waals surface area contributed by atoms with Gasteiger partial charge >= 0.3 is 0 Å². The van der Waals surface area contributed by atoms with E-state index in [9.17, 15) is 0 Å². The second-order valence-electron chi connectivity index (χ2n) is 3.76. The van der Waals surface area contributed by atoms with Gasteiger partial charge in [-0.3, -0.25) is 0 Å². The monoisotopic (exact) mass is 223 g/mol. The van der Waals surface area contributed by atoms with Gasteiger partial charge in [0.15, 0.2) is 0 Å². The molecule has 0 bridgehead atoms. The average molecular weight is 223 g/mol. The zero-order valence-corrected chi connectivity index (χ0v) is 10.2. The molecule has 3 nitrogen and oxygen atoms in total. The van der Waals surface area contributed by atoms with Crippen LogP contribution in [0, 0.1) is 6.92 Å². The van der Waals surface area contributed by atoms with Gasteiger partial charge in [0.25, 0.3) is 0 Å². The van der Waals surface area contributed by atoms with Crippen LogP contribution in [0.2, 0.25) is 0 Å². The number of rotatable bonds is 8. The quantitative estimate of drug-likeness (QED) is 0.684. The van der Waals surface area contributed by atoms with Crippen LogP contribution in [0.3, 0.4) is 0 Å². The lowest BCUT2D eigenvalue weighted by molar-refractivity contribution is 0.198. The fourth-order valence-electron chi connectivity index (χ4n) is 1.39. The van der Waals surface area contributed by atoms with Crippen LogP contribution in [0.4, 0.5) is 0 Å². The van der Waals surface area contributed by atoms with Gasteiger partial charge in [0.2, 0.25) is 0 Å². The minimum Gasteiger partial charge on any atom is -0.494 e. The summed E-state index contributed by atoms with van der Waals surface area (Å²) < 4.78 is 10.6. The van der Waals surface area contributed by atoms with Crippen LogP contribution in [-0.2, 0) is 4.74 Å². The largest absolute Gasteiger partial charge is 0.494 e. The van der Waals surface area contributed by atoms with Gasteiger partial charge in [-0.2, -0.15) is 0 Å². The van der Waals surface area contributed by atoms with Crippen LogP contribution in [-0.4, -0.2) is 33.4 Å². The van der Waals surface area contributed by atoms with Crippen LogP contribution >= 0.6 is 0 Å². The molecule has 0 spiro atoms. The first-order chi connectivity index (χ1) is 7.83. The van der Waals surface area contributed by atoms with Crippen molar-refractivity contribution in [1.29, 1.82) is 0 Å². The average Bonchev–Trinajstić information content (AvgIpc) is 2.28. The molecule has 0 fully saturated rings. The lowest BCUT2D eigenvalue weighted by Gasteiger charge is -2.07. The third-order valence-corrected chi connectivity index (χ3v) is 2.24. The van der Waals surface area contributed by atoms with Crippen molar-refractivity contribution in [2.24, 2.45) is 0 Å². The minimum absolute atomic E-state index is 0.753. The van der Waals surface area contributed by atoms with Crippen molar-refractivity contribution in [1.82, 2.24) is 5.32 Å². The number of methoxy groups -OCH3 is 1. The Bertz CT molecular complexity index is 289. The normalized spacial score (nSPS) is 10.4. The van der Waals surface area contributed by atoms with E-state index in [0.29, 0.717) is 0 Å². The predicted molar refractivity (Wildman–Crippen MR) is 66.0 cm³/mol. The molecule has 0 aliphatic heterocycles. The Hall–Kier alpha value is -1.06. The third-order valence-electron chi connectivity index (χ3n) is 2.24. The fourth-order valence-corrected chi connectivity index (χ4v) is 1.39. The summed E-state index contributed by atoms with van der Waals surface area (Å²) in [4.78, 5) is 0. The van der Waals surface area contributed by atoms with Crippen molar-refractivity contribution in [3.63, 3.8) is 0 Å². The molecule has 1 rings (SSSR count). The molecule has 0 aliphatic rings. The van der Waals surface area contributed by atoms with Crippen molar-refractivity contribution in [3.05, 3.63) is 29.8 Å². The Morgan fingerprint density at radius 3 is 2.81 bits per heavy atom. The Kier molecular flexibility index (Phi) is 6.61. The summed E-state index contributed by atoms with van der Waals surface area (Å²) in [7, 11) is 1.71. The van der Waals surface area contributed by atoms with Crippen molar-refractivity contribution >= 4 is 0 Å². The molecule has 3 heteroatoms. The second-order valence-corrected chi connectivity index (χ2v) is 3.76. The molecule has 0 aromatic heterocycles. The van der Waals surface area contributed by atoms with Gasteiger partial charge in [-0.1, -0.05) is 12.1 Å². The molecule has 0 atom stereocenters. The molecular weight excluding hydrogens is 202 g/mol. The summed E-state index contributed by atoms with van der Waals surface area (Å²) in [6.45, 7) is 5.46. The van der Waals surface area contributed by atoms with E-state index < -0.39 is 0 Å². The molecule has 0 radical (unpaired) electrons. The molecule has 1 N–H and O–H groups in total. The van der Waals surface area contributed by atoms with E-state index in [1.807, 2.05) is 12.1 Å². The fraction of sp³-hybridized carbons (Fsp3) is 0.538. The van der Waals surface area contributed by atoms with Crippen molar-refractivity contribution < 1.29 is 9.47 Å². The van der Waals surface area contributed by atoms with Crippen LogP contribution in [0.1, 0.15) is 12.0 Å². The topological polar surface area (TPSA) is 30.5 Å². The van der Waals surface area contributed by atoms with E-state index in [1.54, 1.807) is 7.11 Å². The smallest absolute Gasteiger partial charge is 0.119 e. The SMILES string of the molecule is COCCNCCCOc1cccc(C)c1. The first kappa shape index (κ1) is 13.0. The number of ether oxygens (including phenoxy) is 2. The number of hydrogen-bond donors (Lipinski definition) is 1. The molecule has 0 amide bonds. The number of aryl methyl sites for hydroxylation is 1. The molecule has 0 unspecified atom stereocenters. The summed E-state index contributed by atoms with van der Waals surface area (Å²) in [5.74, 6) is 0.955. The zero-order chi connectivity index (χ0) is 11.6. The summed E-state index contributed by atoms with van der Waals surface area (Å²) in [5.41, 5.74) is 1.23. The Morgan fingerprint density at radius 1 is 1.19 bits per heavy atom. The molecule has 1 aromatic carbocycles. The number of hydrogen-bond acceptors (Lipinski definition) is 3. The zero-order valence-electron chi connectivity index (χ0n) is 10.2. The Labute approximate surface area is 97.8 Å². The van der Waals surface area contributed by atoms with E-state index >= 15 is 0 Å². The van der Waals surface area contributed by atoms with Gasteiger partial charge in [0, 0.05) is 13.7 Å². The Morgan fingerprint density at radius 2 is 2.06 bits per heavy atom. The van der Waals surface area contributed by atoms with Gasteiger partial charge in [-0.05, 0) is 37.6 Å². The maximum Gasteiger partial charge on any atom is 0.119 e. The third kappa shape index (κ3) is 5.73. The highest BCUT2D eigenvalue weighted by atomic mass is 16.5. The van der Waals surface area contributed by atoms with Gasteiger partial charge in [0.1, 0.15) is 5.75 Å². The van der Waals surface area contributed by atoms with Crippen LogP contribution in [0.5, 0.6) is 5.75 Å². The summed E-state index contributed by atoms with van der Waals surface area (Å²) in [6, 6.07) is 8.13. The number of nitrogens with one attached hydrogen (secondary N) is 1. The minimum atomic E-state index is 0.753. The lowest BCUT2D eigenvalue weighted by atomic mass is 10.2. The van der Waals surface area contributed by atoms with Crippen molar-refractivity contribution in [2.45, 2.75) is 13.3 Å². The first-order valence-corrected chi connectivity index (χ1v) is 5.72. The number of benzene rings is 1. The molecule has 16 heavy (non-hydrogen) atoms. The highest BCUT2D eigenvalue weighted by molar-refractivity contribution is 5.27. The Balaban J connectivity index is 2.03. The van der Waals surface area contributed by atoms with Gasteiger partial charge in [0.05, 0.1) is 13.2 Å². The predicted octanol–water partition coefficient (Wildman–Crippen LogP) is 2.00. The summed E-state index contributed by atoms with van der Waals surface area (Å²) in [5, 5.41) is 3.28. The van der Waals surface area contributed by atoms with Crippen LogP contribution in [0.15, 0.2) is 24.3 Å². The van der Waals surface area contributed by atoms with Crippen molar-refractivity contribution in [3.8, 4) is 5.75 Å². The van der Waals surface area contributed by atoms with Gasteiger partial charge in [-0.15, -0.1) is 0 Å². The van der Waals surface area contributed by atoms with E-state index in [1.165, 1.54) is 5.56 Å². The van der Waals surface area contributed by atoms with E-state index in [0.717, 1.165) is 38.5 Å². The highest BCUT2D eigenvalue weighted by Gasteiger charge is 1.93. The molecule has 1 aromatic rings. The summed E-state index contributed by atoms with van der Waals surface area (Å²) in [6.07, 6.45) is 1.01. The van der Waals surface area contributed by atoms with Crippen LogP contribution < -0.4 is 10.1 Å². The van der Waals surface area contributed by atoms with Crippen LogP contribution in [0.25, 0.3) is 0 Å². The van der Waals surface area contributed by atoms with E-state index in [-0.39, 0.29) is 0 Å². The van der Waals surface area contributed by atoms with Crippen molar-refractivity contribution in [2.75, 3.05) is 33.4 Å². The van der Waals surface area contributed by atoms with Gasteiger partial charge in [-0.25, -0.2) is 0 Å². The van der Waals surface area contributed by atoms with E-state index in [2.05, 4.69) is 24.4 Å². The molecule has 90 valence electrons. The maximum atomic E-state index is 5.62. The summed E-state index contributed by atoms with van der Waals surface area (Å²) >= 11 is 0. The first-order valence-electron chi connectivity index (χ1n) is 5.72.